The van der Waals surface area contributed by atoms with E-state index in [1.54, 1.807) is 7.11 Å². The van der Waals surface area contributed by atoms with E-state index < -0.39 is 0 Å². The standard InChI is InChI=1S/C23H25NO4/c1-26-19-5-3-2-4-18(19)23(25)24-10-6-15(7-11-24)21-17-9-13-27-20(17)14-16-8-12-28-22(16)21/h2-5,14-15H,6-13H2,1H3. The van der Waals surface area contributed by atoms with Crippen molar-refractivity contribution >= 4 is 5.91 Å². The van der Waals surface area contributed by atoms with Gasteiger partial charge in [-0.15, -0.1) is 0 Å². The quantitative estimate of drug-likeness (QED) is 0.818. The lowest BCUT2D eigenvalue weighted by Crippen LogP contribution is -2.38. The molecule has 5 heteroatoms. The fraction of sp³-hybridized carbons (Fsp3) is 0.435. The maximum Gasteiger partial charge on any atom is 0.257 e. The molecule has 3 aliphatic heterocycles. The molecule has 0 aliphatic carbocycles. The van der Waals surface area contributed by atoms with Crippen LogP contribution in [0.15, 0.2) is 30.3 Å². The molecule has 2 aromatic rings. The van der Waals surface area contributed by atoms with E-state index in [4.69, 9.17) is 14.2 Å². The minimum Gasteiger partial charge on any atom is -0.496 e. The van der Waals surface area contributed by atoms with Gasteiger partial charge in [-0.1, -0.05) is 12.1 Å². The van der Waals surface area contributed by atoms with E-state index in [0.717, 1.165) is 63.5 Å². The van der Waals surface area contributed by atoms with Gasteiger partial charge in [-0.3, -0.25) is 4.79 Å². The number of likely N-dealkylation sites (tertiary alicyclic amines) is 1. The Labute approximate surface area is 165 Å². The van der Waals surface area contributed by atoms with Crippen molar-refractivity contribution < 1.29 is 19.0 Å². The van der Waals surface area contributed by atoms with Crippen molar-refractivity contribution in [3.8, 4) is 17.2 Å². The normalized spacial score (nSPS) is 18.2. The zero-order chi connectivity index (χ0) is 19.1. The van der Waals surface area contributed by atoms with Crippen molar-refractivity contribution in [3.63, 3.8) is 0 Å². The van der Waals surface area contributed by atoms with Crippen LogP contribution >= 0.6 is 0 Å². The van der Waals surface area contributed by atoms with E-state index in [-0.39, 0.29) is 5.91 Å². The number of fused-ring (bicyclic) bond motifs is 2. The second-order valence-electron chi connectivity index (χ2n) is 7.72. The smallest absolute Gasteiger partial charge is 0.257 e. The van der Waals surface area contributed by atoms with Crippen molar-refractivity contribution in [2.45, 2.75) is 31.6 Å². The van der Waals surface area contributed by atoms with Crippen molar-refractivity contribution in [2.75, 3.05) is 33.4 Å². The lowest BCUT2D eigenvalue weighted by molar-refractivity contribution is 0.0709. The van der Waals surface area contributed by atoms with Crippen molar-refractivity contribution in [1.82, 2.24) is 4.90 Å². The number of hydrogen-bond acceptors (Lipinski definition) is 4. The van der Waals surface area contributed by atoms with Gasteiger partial charge >= 0.3 is 0 Å². The van der Waals surface area contributed by atoms with Crippen LogP contribution in [0.25, 0.3) is 0 Å². The summed E-state index contributed by atoms with van der Waals surface area (Å²) in [5.74, 6) is 3.26. The molecule has 1 fully saturated rings. The first-order chi connectivity index (χ1) is 13.8. The highest BCUT2D eigenvalue weighted by Gasteiger charge is 2.33. The molecule has 0 aromatic heterocycles. The zero-order valence-electron chi connectivity index (χ0n) is 16.2. The molecule has 0 atom stereocenters. The molecule has 0 saturated carbocycles. The summed E-state index contributed by atoms with van der Waals surface area (Å²) in [4.78, 5) is 15.0. The summed E-state index contributed by atoms with van der Waals surface area (Å²) in [6, 6.07) is 9.63. The number of hydrogen-bond donors (Lipinski definition) is 0. The van der Waals surface area contributed by atoms with Crippen molar-refractivity contribution in [2.24, 2.45) is 0 Å². The lowest BCUT2D eigenvalue weighted by Gasteiger charge is -2.33. The maximum absolute atomic E-state index is 13.0. The third-order valence-electron chi connectivity index (χ3n) is 6.22. The van der Waals surface area contributed by atoms with Crippen LogP contribution in [0.2, 0.25) is 0 Å². The molecule has 0 radical (unpaired) electrons. The average Bonchev–Trinajstić information content (AvgIpc) is 3.40. The second kappa shape index (κ2) is 7.04. The average molecular weight is 379 g/mol. The molecule has 5 rings (SSSR count). The van der Waals surface area contributed by atoms with E-state index in [2.05, 4.69) is 6.07 Å². The number of amides is 1. The van der Waals surface area contributed by atoms with Gasteiger partial charge in [0.15, 0.2) is 0 Å². The van der Waals surface area contributed by atoms with Gasteiger partial charge in [0.2, 0.25) is 0 Å². The minimum atomic E-state index is 0.0546. The molecule has 3 heterocycles. The van der Waals surface area contributed by atoms with Crippen LogP contribution in [0.3, 0.4) is 0 Å². The van der Waals surface area contributed by atoms with Gasteiger partial charge < -0.3 is 19.1 Å². The van der Waals surface area contributed by atoms with Crippen LogP contribution in [0.4, 0.5) is 0 Å². The molecule has 1 saturated heterocycles. The third-order valence-corrected chi connectivity index (χ3v) is 6.22. The number of carbonyl (C=O) groups excluding carboxylic acids is 1. The Morgan fingerprint density at radius 1 is 1.11 bits per heavy atom. The number of piperidine rings is 1. The molecule has 146 valence electrons. The Kier molecular flexibility index (Phi) is 4.38. The number of carbonyl (C=O) groups is 1. The number of para-hydroxylation sites is 1. The summed E-state index contributed by atoms with van der Waals surface area (Å²) in [6.07, 6.45) is 3.83. The first kappa shape index (κ1) is 17.4. The topological polar surface area (TPSA) is 48.0 Å². The van der Waals surface area contributed by atoms with Gasteiger partial charge in [-0.05, 0) is 37.0 Å². The van der Waals surface area contributed by atoms with Crippen LogP contribution in [0.5, 0.6) is 17.2 Å². The molecular weight excluding hydrogens is 354 g/mol. The highest BCUT2D eigenvalue weighted by Crippen LogP contribution is 2.46. The summed E-state index contributed by atoms with van der Waals surface area (Å²) in [5, 5.41) is 0. The van der Waals surface area contributed by atoms with Crippen LogP contribution in [-0.2, 0) is 12.8 Å². The molecular formula is C23H25NO4. The fourth-order valence-corrected chi connectivity index (χ4v) is 4.82. The van der Waals surface area contributed by atoms with Crippen LogP contribution < -0.4 is 14.2 Å². The number of nitrogens with zero attached hydrogens (tertiary/aromatic N) is 1. The zero-order valence-corrected chi connectivity index (χ0v) is 16.2. The Morgan fingerprint density at radius 3 is 2.71 bits per heavy atom. The summed E-state index contributed by atoms with van der Waals surface area (Å²) < 4.78 is 17.3. The summed E-state index contributed by atoms with van der Waals surface area (Å²) in [7, 11) is 1.61. The van der Waals surface area contributed by atoms with Gasteiger partial charge in [0.1, 0.15) is 17.2 Å². The number of ether oxygens (including phenoxy) is 3. The molecule has 0 unspecified atom stereocenters. The molecule has 1 amide bonds. The van der Waals surface area contributed by atoms with Gasteiger partial charge in [0, 0.05) is 42.6 Å². The molecule has 3 aliphatic rings. The Hall–Kier alpha value is -2.69. The molecule has 2 aromatic carbocycles. The lowest BCUT2D eigenvalue weighted by atomic mass is 9.83. The number of methoxy groups -OCH3 is 1. The van der Waals surface area contributed by atoms with E-state index in [9.17, 15) is 4.79 Å². The fourth-order valence-electron chi connectivity index (χ4n) is 4.82. The first-order valence-electron chi connectivity index (χ1n) is 10.1. The van der Waals surface area contributed by atoms with Crippen LogP contribution in [0, 0.1) is 0 Å². The Bertz CT molecular complexity index is 883. The molecule has 0 spiro atoms. The van der Waals surface area contributed by atoms with Crippen molar-refractivity contribution in [3.05, 3.63) is 52.6 Å². The summed E-state index contributed by atoms with van der Waals surface area (Å²) in [5.41, 5.74) is 4.60. The maximum atomic E-state index is 13.0. The van der Waals surface area contributed by atoms with E-state index >= 15 is 0 Å². The van der Waals surface area contributed by atoms with E-state index in [0.29, 0.717) is 17.2 Å². The largest absolute Gasteiger partial charge is 0.496 e. The SMILES string of the molecule is COc1ccccc1C(=O)N1CCC(c2c3c(cc4c2OCC4)OCC3)CC1. The third kappa shape index (κ3) is 2.81. The second-order valence-corrected chi connectivity index (χ2v) is 7.72. The molecule has 0 bridgehead atoms. The minimum absolute atomic E-state index is 0.0546. The van der Waals surface area contributed by atoms with E-state index in [1.165, 1.54) is 16.7 Å². The Balaban J connectivity index is 1.37. The van der Waals surface area contributed by atoms with Crippen molar-refractivity contribution in [1.29, 1.82) is 0 Å². The monoisotopic (exact) mass is 379 g/mol. The van der Waals surface area contributed by atoms with Gasteiger partial charge in [-0.2, -0.15) is 0 Å². The molecule has 0 N–H and O–H groups in total. The Morgan fingerprint density at radius 2 is 1.89 bits per heavy atom. The number of benzene rings is 2. The predicted molar refractivity (Wildman–Crippen MR) is 106 cm³/mol. The summed E-state index contributed by atoms with van der Waals surface area (Å²) >= 11 is 0. The van der Waals surface area contributed by atoms with Crippen LogP contribution in [-0.4, -0.2) is 44.2 Å². The van der Waals surface area contributed by atoms with Gasteiger partial charge in [0.05, 0.1) is 25.9 Å². The predicted octanol–water partition coefficient (Wildman–Crippen LogP) is 3.58. The van der Waals surface area contributed by atoms with Crippen LogP contribution in [0.1, 0.15) is 45.8 Å². The summed E-state index contributed by atoms with van der Waals surface area (Å²) in [6.45, 7) is 3.02. The molecule has 5 nitrogen and oxygen atoms in total. The first-order valence-corrected chi connectivity index (χ1v) is 10.1. The highest BCUT2D eigenvalue weighted by atomic mass is 16.5. The molecule has 28 heavy (non-hydrogen) atoms. The highest BCUT2D eigenvalue weighted by molar-refractivity contribution is 5.97. The van der Waals surface area contributed by atoms with Gasteiger partial charge in [0.25, 0.3) is 5.91 Å². The van der Waals surface area contributed by atoms with Gasteiger partial charge in [-0.25, -0.2) is 0 Å². The van der Waals surface area contributed by atoms with E-state index in [1.807, 2.05) is 29.2 Å². The number of rotatable bonds is 3.